The van der Waals surface area contributed by atoms with Crippen molar-refractivity contribution in [3.63, 3.8) is 0 Å². The van der Waals surface area contributed by atoms with Gasteiger partial charge in [-0.1, -0.05) is 59.6 Å². The van der Waals surface area contributed by atoms with Crippen molar-refractivity contribution >= 4 is 29.1 Å². The van der Waals surface area contributed by atoms with Crippen LogP contribution in [0.4, 0.5) is 14.5 Å². The van der Waals surface area contributed by atoms with Crippen LogP contribution in [-0.2, 0) is 10.4 Å². The lowest BCUT2D eigenvalue weighted by Crippen LogP contribution is -2.44. The number of benzene rings is 2. The standard InChI is InChI=1S/C29H28ClF2N3O3/c1-17-6-10-19(11-7-17)29(38)23-4-2-3-5-24(23)35(28(29)37)16-18-8-12-21(13-9-18)34-27(36)22-14-20(30)15-33-25(22)26(31)32/h2-7,10-11,14-15,18,21,26,38H,8-9,12-13,16H2,1H3,(H,34,36)/t18-,21-,29?. The highest BCUT2D eigenvalue weighted by molar-refractivity contribution is 6.30. The number of aryl methyl sites for hydroxylation is 1. The highest BCUT2D eigenvalue weighted by Gasteiger charge is 2.51. The average Bonchev–Trinajstić information content (AvgIpc) is 3.12. The number of aliphatic hydroxyl groups is 1. The minimum absolute atomic E-state index is 0.115. The van der Waals surface area contributed by atoms with Gasteiger partial charge in [-0.15, -0.1) is 0 Å². The van der Waals surface area contributed by atoms with Gasteiger partial charge in [0, 0.05) is 24.3 Å². The van der Waals surface area contributed by atoms with E-state index in [1.54, 1.807) is 23.1 Å². The number of carbonyl (C=O) groups is 2. The Kier molecular flexibility index (Phi) is 7.20. The summed E-state index contributed by atoms with van der Waals surface area (Å²) in [4.78, 5) is 31.7. The SMILES string of the molecule is Cc1ccc(C2(O)C(=O)N(C[C@H]3CC[C@H](NC(=O)c4cc(Cl)cnc4C(F)F)CC3)c3ccccc32)cc1. The number of nitrogens with zero attached hydrogens (tertiary/aromatic N) is 2. The van der Waals surface area contributed by atoms with Crippen molar-refractivity contribution in [2.45, 2.75) is 50.7 Å². The molecule has 38 heavy (non-hydrogen) atoms. The number of hydrogen-bond donors (Lipinski definition) is 2. The molecule has 5 rings (SSSR count). The van der Waals surface area contributed by atoms with E-state index in [1.807, 2.05) is 37.3 Å². The van der Waals surface area contributed by atoms with Crippen LogP contribution >= 0.6 is 11.6 Å². The van der Waals surface area contributed by atoms with Gasteiger partial charge in [-0.05, 0) is 56.2 Å². The Morgan fingerprint density at radius 2 is 1.84 bits per heavy atom. The quantitative estimate of drug-likeness (QED) is 0.430. The summed E-state index contributed by atoms with van der Waals surface area (Å²) in [6.07, 6.45) is 0.955. The van der Waals surface area contributed by atoms with Crippen LogP contribution in [0, 0.1) is 12.8 Å². The summed E-state index contributed by atoms with van der Waals surface area (Å²) in [5, 5.41) is 14.7. The molecule has 2 aromatic carbocycles. The fraction of sp³-hybridized carbons (Fsp3) is 0.345. The van der Waals surface area contributed by atoms with Crippen molar-refractivity contribution in [2.24, 2.45) is 5.92 Å². The Bertz CT molecular complexity index is 1360. The van der Waals surface area contributed by atoms with Crippen LogP contribution in [-0.4, -0.2) is 34.5 Å². The number of carbonyl (C=O) groups excluding carboxylic acids is 2. The van der Waals surface area contributed by atoms with Gasteiger partial charge in [0.2, 0.25) is 0 Å². The molecule has 1 atom stereocenters. The number of halogens is 3. The summed E-state index contributed by atoms with van der Waals surface area (Å²) < 4.78 is 26.7. The second-order valence-corrected chi connectivity index (χ2v) is 10.5. The van der Waals surface area contributed by atoms with Gasteiger partial charge < -0.3 is 15.3 Å². The van der Waals surface area contributed by atoms with Crippen molar-refractivity contribution in [3.8, 4) is 0 Å². The Balaban J connectivity index is 1.26. The van der Waals surface area contributed by atoms with Gasteiger partial charge in [-0.2, -0.15) is 0 Å². The van der Waals surface area contributed by atoms with Gasteiger partial charge in [0.15, 0.2) is 5.60 Å². The van der Waals surface area contributed by atoms with Gasteiger partial charge in [0.25, 0.3) is 18.2 Å². The summed E-state index contributed by atoms with van der Waals surface area (Å²) in [6.45, 7) is 2.39. The van der Waals surface area contributed by atoms with Crippen molar-refractivity contribution in [1.29, 1.82) is 0 Å². The van der Waals surface area contributed by atoms with Gasteiger partial charge in [0.1, 0.15) is 5.69 Å². The fourth-order valence-electron chi connectivity index (χ4n) is 5.51. The molecule has 6 nitrogen and oxygen atoms in total. The molecule has 0 radical (unpaired) electrons. The lowest BCUT2D eigenvalue weighted by atomic mass is 9.85. The number of fused-ring (bicyclic) bond motifs is 1. The maximum Gasteiger partial charge on any atom is 0.281 e. The molecule has 2 aliphatic rings. The van der Waals surface area contributed by atoms with E-state index in [2.05, 4.69) is 10.3 Å². The Labute approximate surface area is 224 Å². The second-order valence-electron chi connectivity index (χ2n) is 10.1. The van der Waals surface area contributed by atoms with E-state index in [4.69, 9.17) is 11.6 Å². The summed E-state index contributed by atoms with van der Waals surface area (Å²) >= 11 is 5.88. The van der Waals surface area contributed by atoms with Crippen LogP contribution < -0.4 is 10.2 Å². The summed E-state index contributed by atoms with van der Waals surface area (Å²) in [6, 6.07) is 15.7. The molecule has 3 aromatic rings. The highest BCUT2D eigenvalue weighted by Crippen LogP contribution is 2.45. The third kappa shape index (κ3) is 4.78. The molecule has 2 amide bonds. The van der Waals surface area contributed by atoms with Crippen molar-refractivity contribution < 1.29 is 23.5 Å². The molecule has 9 heteroatoms. The van der Waals surface area contributed by atoms with Gasteiger partial charge in [-0.3, -0.25) is 14.6 Å². The van der Waals surface area contributed by atoms with Gasteiger partial charge >= 0.3 is 0 Å². The first kappa shape index (κ1) is 26.3. The molecule has 1 aromatic heterocycles. The van der Waals surface area contributed by atoms with E-state index in [1.165, 1.54) is 6.07 Å². The number of amides is 2. The van der Waals surface area contributed by atoms with Gasteiger partial charge in [0.05, 0.1) is 16.3 Å². The molecule has 1 unspecified atom stereocenters. The van der Waals surface area contributed by atoms with E-state index in [0.29, 0.717) is 36.2 Å². The Hall–Kier alpha value is -3.36. The minimum Gasteiger partial charge on any atom is -0.372 e. The number of anilines is 1. The van der Waals surface area contributed by atoms with Crippen LogP contribution in [0.2, 0.25) is 5.02 Å². The molecule has 1 aliphatic carbocycles. The first-order valence-corrected chi connectivity index (χ1v) is 13.0. The number of rotatable bonds is 6. The topological polar surface area (TPSA) is 82.5 Å². The molecule has 1 aliphatic heterocycles. The molecule has 198 valence electrons. The van der Waals surface area contributed by atoms with Crippen LogP contribution in [0.25, 0.3) is 0 Å². The number of hydrogen-bond acceptors (Lipinski definition) is 4. The first-order chi connectivity index (χ1) is 18.2. The lowest BCUT2D eigenvalue weighted by Gasteiger charge is -2.32. The Morgan fingerprint density at radius 3 is 2.53 bits per heavy atom. The molecule has 0 spiro atoms. The molecule has 1 saturated carbocycles. The average molecular weight is 540 g/mol. The van der Waals surface area contributed by atoms with Crippen molar-refractivity contribution in [3.05, 3.63) is 93.8 Å². The van der Waals surface area contributed by atoms with Gasteiger partial charge in [-0.25, -0.2) is 8.78 Å². The zero-order valence-corrected chi connectivity index (χ0v) is 21.6. The summed E-state index contributed by atoms with van der Waals surface area (Å²) in [5.74, 6) is -0.832. The Morgan fingerprint density at radius 1 is 1.16 bits per heavy atom. The minimum atomic E-state index is -2.89. The number of alkyl halides is 2. The fourth-order valence-corrected chi connectivity index (χ4v) is 5.66. The number of pyridine rings is 1. The molecular formula is C29H28ClF2N3O3. The van der Waals surface area contributed by atoms with E-state index < -0.39 is 23.6 Å². The van der Waals surface area contributed by atoms with E-state index in [-0.39, 0.29) is 28.5 Å². The molecule has 0 bridgehead atoms. The first-order valence-electron chi connectivity index (χ1n) is 12.6. The lowest BCUT2D eigenvalue weighted by molar-refractivity contribution is -0.132. The summed E-state index contributed by atoms with van der Waals surface area (Å²) in [7, 11) is 0. The van der Waals surface area contributed by atoms with Crippen LogP contribution in [0.3, 0.4) is 0 Å². The maximum absolute atomic E-state index is 13.7. The van der Waals surface area contributed by atoms with E-state index in [9.17, 15) is 23.5 Å². The molecule has 2 N–H and O–H groups in total. The second kappa shape index (κ2) is 10.4. The predicted molar refractivity (Wildman–Crippen MR) is 140 cm³/mol. The van der Waals surface area contributed by atoms with E-state index in [0.717, 1.165) is 24.6 Å². The number of para-hydroxylation sites is 1. The molecule has 2 heterocycles. The van der Waals surface area contributed by atoms with Crippen LogP contribution in [0.1, 0.15) is 64.9 Å². The van der Waals surface area contributed by atoms with E-state index >= 15 is 0 Å². The van der Waals surface area contributed by atoms with Crippen molar-refractivity contribution in [1.82, 2.24) is 10.3 Å². The number of aromatic nitrogens is 1. The monoisotopic (exact) mass is 539 g/mol. The molecule has 1 fully saturated rings. The third-order valence-corrected chi connectivity index (χ3v) is 7.77. The predicted octanol–water partition coefficient (Wildman–Crippen LogP) is 5.55. The van der Waals surface area contributed by atoms with Crippen LogP contribution in [0.15, 0.2) is 60.8 Å². The normalized spacial score (nSPS) is 23.0. The molecule has 0 saturated heterocycles. The summed E-state index contributed by atoms with van der Waals surface area (Å²) in [5.41, 5.74) is 0.283. The highest BCUT2D eigenvalue weighted by atomic mass is 35.5. The molecular weight excluding hydrogens is 512 g/mol. The van der Waals surface area contributed by atoms with Crippen molar-refractivity contribution in [2.75, 3.05) is 11.4 Å². The largest absolute Gasteiger partial charge is 0.372 e. The maximum atomic E-state index is 13.7. The zero-order chi connectivity index (χ0) is 27.0. The smallest absolute Gasteiger partial charge is 0.281 e. The zero-order valence-electron chi connectivity index (χ0n) is 20.8. The number of nitrogens with one attached hydrogen (secondary N) is 1. The third-order valence-electron chi connectivity index (χ3n) is 7.57. The van der Waals surface area contributed by atoms with Crippen LogP contribution in [0.5, 0.6) is 0 Å².